The molecule has 3 N–H and O–H groups in total. The SMILES string of the molecule is CCNC(=NCc1cccc(NC(=O)C2CCC2)c1)NCc1nc(C(C)C)cs1.I. The Balaban J connectivity index is 0.00000320. The Labute approximate surface area is 200 Å². The van der Waals surface area contributed by atoms with Crippen LogP contribution in [0.4, 0.5) is 5.69 Å². The van der Waals surface area contributed by atoms with Crippen LogP contribution in [-0.2, 0) is 17.9 Å². The fourth-order valence-corrected chi connectivity index (χ4v) is 3.90. The molecule has 2 aromatic rings. The van der Waals surface area contributed by atoms with Crippen molar-refractivity contribution in [1.82, 2.24) is 15.6 Å². The van der Waals surface area contributed by atoms with E-state index in [4.69, 9.17) is 0 Å². The number of halogens is 1. The van der Waals surface area contributed by atoms with E-state index in [1.165, 1.54) is 0 Å². The highest BCUT2D eigenvalue weighted by Crippen LogP contribution is 2.27. The summed E-state index contributed by atoms with van der Waals surface area (Å²) in [5, 5.41) is 12.8. The molecule has 0 bridgehead atoms. The minimum absolute atomic E-state index is 0. The lowest BCUT2D eigenvalue weighted by Crippen LogP contribution is -2.36. The number of benzene rings is 1. The van der Waals surface area contributed by atoms with Crippen molar-refractivity contribution < 1.29 is 4.79 Å². The van der Waals surface area contributed by atoms with Gasteiger partial charge in [-0.25, -0.2) is 9.98 Å². The molecule has 0 radical (unpaired) electrons. The maximum absolute atomic E-state index is 12.2. The predicted octanol–water partition coefficient (Wildman–Crippen LogP) is 4.88. The Morgan fingerprint density at radius 3 is 2.73 bits per heavy atom. The summed E-state index contributed by atoms with van der Waals surface area (Å²) < 4.78 is 0. The van der Waals surface area contributed by atoms with Gasteiger partial charge in [-0.05, 0) is 43.4 Å². The standard InChI is InChI=1S/C22H31N5OS.HI/c1-4-23-22(25-13-20-27-19(14-29-20)15(2)3)24-12-16-7-5-10-18(11-16)26-21(28)17-8-6-9-17;/h5,7,10-11,14-15,17H,4,6,8-9,12-13H2,1-3H3,(H,26,28)(H2,23,24,25);1H. The first-order valence-electron chi connectivity index (χ1n) is 10.4. The Kier molecular flexibility index (Phi) is 10.0. The number of aliphatic imine (C=N–C) groups is 1. The molecule has 164 valence electrons. The minimum Gasteiger partial charge on any atom is -0.357 e. The predicted molar refractivity (Wildman–Crippen MR) is 136 cm³/mol. The molecule has 0 unspecified atom stereocenters. The highest BCUT2D eigenvalue weighted by molar-refractivity contribution is 14.0. The van der Waals surface area contributed by atoms with Crippen LogP contribution in [0.15, 0.2) is 34.6 Å². The molecule has 3 rings (SSSR count). The van der Waals surface area contributed by atoms with E-state index in [1.54, 1.807) is 11.3 Å². The van der Waals surface area contributed by atoms with Crippen LogP contribution in [0.3, 0.4) is 0 Å². The number of thiazole rings is 1. The normalized spacial score (nSPS) is 14.1. The topological polar surface area (TPSA) is 78.4 Å². The van der Waals surface area contributed by atoms with E-state index >= 15 is 0 Å². The van der Waals surface area contributed by atoms with E-state index in [0.29, 0.717) is 19.0 Å². The number of carbonyl (C=O) groups is 1. The molecule has 1 saturated carbocycles. The van der Waals surface area contributed by atoms with Gasteiger partial charge in [0.05, 0.1) is 18.8 Å². The fraction of sp³-hybridized carbons (Fsp3) is 0.500. The van der Waals surface area contributed by atoms with Gasteiger partial charge in [-0.3, -0.25) is 4.79 Å². The molecule has 6 nitrogen and oxygen atoms in total. The molecule has 1 fully saturated rings. The summed E-state index contributed by atoms with van der Waals surface area (Å²) in [7, 11) is 0. The quantitative estimate of drug-likeness (QED) is 0.253. The van der Waals surface area contributed by atoms with E-state index in [0.717, 1.165) is 53.7 Å². The van der Waals surface area contributed by atoms with Crippen LogP contribution in [0, 0.1) is 5.92 Å². The summed E-state index contributed by atoms with van der Waals surface area (Å²) in [6.07, 6.45) is 3.17. The average Bonchev–Trinajstić information content (AvgIpc) is 3.12. The Morgan fingerprint density at radius 2 is 2.10 bits per heavy atom. The molecule has 0 saturated heterocycles. The maximum atomic E-state index is 12.2. The van der Waals surface area contributed by atoms with Crippen LogP contribution >= 0.6 is 35.3 Å². The molecule has 1 heterocycles. The molecule has 0 spiro atoms. The summed E-state index contributed by atoms with van der Waals surface area (Å²) in [5.74, 6) is 1.52. The third kappa shape index (κ3) is 7.23. The highest BCUT2D eigenvalue weighted by Gasteiger charge is 2.25. The number of anilines is 1. The van der Waals surface area contributed by atoms with E-state index in [1.807, 2.05) is 31.2 Å². The molecule has 1 amide bonds. The van der Waals surface area contributed by atoms with Gasteiger partial charge in [0.2, 0.25) is 5.91 Å². The van der Waals surface area contributed by atoms with Crippen molar-refractivity contribution in [3.8, 4) is 0 Å². The number of amides is 1. The van der Waals surface area contributed by atoms with Crippen molar-refractivity contribution in [1.29, 1.82) is 0 Å². The van der Waals surface area contributed by atoms with Crippen molar-refractivity contribution in [2.75, 3.05) is 11.9 Å². The Hall–Kier alpha value is -1.68. The first-order chi connectivity index (χ1) is 14.0. The number of carbonyl (C=O) groups excluding carboxylic acids is 1. The van der Waals surface area contributed by atoms with E-state index in [9.17, 15) is 4.79 Å². The zero-order chi connectivity index (χ0) is 20.6. The van der Waals surface area contributed by atoms with Crippen LogP contribution < -0.4 is 16.0 Å². The lowest BCUT2D eigenvalue weighted by atomic mass is 9.85. The number of rotatable bonds is 8. The molecule has 30 heavy (non-hydrogen) atoms. The highest BCUT2D eigenvalue weighted by atomic mass is 127. The maximum Gasteiger partial charge on any atom is 0.227 e. The second kappa shape index (κ2) is 12.2. The summed E-state index contributed by atoms with van der Waals surface area (Å²) in [5.41, 5.74) is 3.04. The molecular formula is C22H32IN5OS. The van der Waals surface area contributed by atoms with Gasteiger partial charge in [0.25, 0.3) is 0 Å². The van der Waals surface area contributed by atoms with Crippen molar-refractivity contribution in [2.24, 2.45) is 10.9 Å². The molecule has 8 heteroatoms. The zero-order valence-corrected chi connectivity index (χ0v) is 21.1. The fourth-order valence-electron chi connectivity index (χ4n) is 3.01. The summed E-state index contributed by atoms with van der Waals surface area (Å²) in [6, 6.07) is 7.92. The van der Waals surface area contributed by atoms with Crippen molar-refractivity contribution in [2.45, 2.75) is 59.0 Å². The van der Waals surface area contributed by atoms with Crippen LogP contribution in [-0.4, -0.2) is 23.4 Å². The first-order valence-corrected chi connectivity index (χ1v) is 11.3. The first kappa shape index (κ1) is 24.6. The van der Waals surface area contributed by atoms with Crippen LogP contribution in [0.5, 0.6) is 0 Å². The number of guanidine groups is 1. The second-order valence-corrected chi connectivity index (χ2v) is 8.63. The smallest absolute Gasteiger partial charge is 0.227 e. The lowest BCUT2D eigenvalue weighted by Gasteiger charge is -2.24. The Bertz CT molecular complexity index is 848. The van der Waals surface area contributed by atoms with Gasteiger partial charge in [-0.2, -0.15) is 0 Å². The molecule has 1 aliphatic carbocycles. The van der Waals surface area contributed by atoms with Crippen molar-refractivity contribution in [3.63, 3.8) is 0 Å². The third-order valence-electron chi connectivity index (χ3n) is 5.00. The number of hydrogen-bond donors (Lipinski definition) is 3. The van der Waals surface area contributed by atoms with E-state index in [-0.39, 0.29) is 35.8 Å². The zero-order valence-electron chi connectivity index (χ0n) is 17.9. The van der Waals surface area contributed by atoms with Crippen molar-refractivity contribution >= 4 is 52.9 Å². The van der Waals surface area contributed by atoms with Crippen molar-refractivity contribution in [3.05, 3.63) is 45.9 Å². The summed E-state index contributed by atoms with van der Waals surface area (Å²) in [6.45, 7) is 8.34. The molecule has 1 aromatic heterocycles. The van der Waals surface area contributed by atoms with Gasteiger partial charge >= 0.3 is 0 Å². The number of nitrogens with zero attached hydrogens (tertiary/aromatic N) is 2. The number of nitrogens with one attached hydrogen (secondary N) is 3. The van der Waals surface area contributed by atoms with E-state index in [2.05, 4.69) is 45.2 Å². The molecule has 1 aromatic carbocycles. The largest absolute Gasteiger partial charge is 0.357 e. The minimum atomic E-state index is 0. The Morgan fingerprint density at radius 1 is 1.30 bits per heavy atom. The second-order valence-electron chi connectivity index (χ2n) is 7.69. The number of aromatic nitrogens is 1. The van der Waals surface area contributed by atoms with Crippen LogP contribution in [0.25, 0.3) is 0 Å². The monoisotopic (exact) mass is 541 g/mol. The molecule has 0 atom stereocenters. The molecule has 0 aliphatic heterocycles. The summed E-state index contributed by atoms with van der Waals surface area (Å²) in [4.78, 5) is 21.5. The van der Waals surface area contributed by atoms with Gasteiger partial charge in [0.15, 0.2) is 5.96 Å². The van der Waals surface area contributed by atoms with Crippen LogP contribution in [0.2, 0.25) is 0 Å². The number of hydrogen-bond acceptors (Lipinski definition) is 4. The lowest BCUT2D eigenvalue weighted by molar-refractivity contribution is -0.122. The van der Waals surface area contributed by atoms with Gasteiger partial charge in [-0.15, -0.1) is 35.3 Å². The third-order valence-corrected chi connectivity index (χ3v) is 5.87. The van der Waals surface area contributed by atoms with Crippen LogP contribution in [0.1, 0.15) is 62.2 Å². The van der Waals surface area contributed by atoms with E-state index < -0.39 is 0 Å². The van der Waals surface area contributed by atoms with Gasteiger partial charge < -0.3 is 16.0 Å². The van der Waals surface area contributed by atoms with Gasteiger partial charge in [0.1, 0.15) is 5.01 Å². The summed E-state index contributed by atoms with van der Waals surface area (Å²) >= 11 is 1.67. The molecular weight excluding hydrogens is 509 g/mol. The van der Waals surface area contributed by atoms with Gasteiger partial charge in [0, 0.05) is 23.5 Å². The average molecular weight is 542 g/mol. The van der Waals surface area contributed by atoms with Gasteiger partial charge in [-0.1, -0.05) is 32.4 Å². The molecule has 1 aliphatic rings.